The summed E-state index contributed by atoms with van der Waals surface area (Å²) in [5.41, 5.74) is 1.30. The van der Waals surface area contributed by atoms with Crippen molar-refractivity contribution in [1.82, 2.24) is 10.6 Å². The van der Waals surface area contributed by atoms with Crippen LogP contribution in [0.3, 0.4) is 0 Å². The largest absolute Gasteiger partial charge is 0.317 e. The van der Waals surface area contributed by atoms with Gasteiger partial charge in [0.05, 0.1) is 0 Å². The van der Waals surface area contributed by atoms with Crippen LogP contribution in [0.2, 0.25) is 5.02 Å². The molecule has 0 spiro atoms. The van der Waals surface area contributed by atoms with Crippen molar-refractivity contribution in [1.29, 1.82) is 0 Å². The first-order chi connectivity index (χ1) is 7.34. The van der Waals surface area contributed by atoms with Crippen LogP contribution in [0.25, 0.3) is 0 Å². The van der Waals surface area contributed by atoms with Crippen LogP contribution >= 0.6 is 24.0 Å². The maximum atomic E-state index is 5.83. The van der Waals surface area contributed by atoms with Gasteiger partial charge in [-0.15, -0.1) is 12.4 Å². The maximum Gasteiger partial charge on any atom is 0.0406 e. The third-order valence-corrected chi connectivity index (χ3v) is 3.10. The van der Waals surface area contributed by atoms with Crippen molar-refractivity contribution in [3.63, 3.8) is 0 Å². The van der Waals surface area contributed by atoms with Gasteiger partial charge < -0.3 is 10.6 Å². The van der Waals surface area contributed by atoms with Gasteiger partial charge in [-0.3, -0.25) is 0 Å². The number of halogens is 2. The molecule has 1 aliphatic rings. The van der Waals surface area contributed by atoms with Crippen LogP contribution in [-0.2, 0) is 6.54 Å². The molecule has 90 valence electrons. The lowest BCUT2D eigenvalue weighted by atomic mass is 10.1. The van der Waals surface area contributed by atoms with Crippen LogP contribution in [-0.4, -0.2) is 19.1 Å². The lowest BCUT2D eigenvalue weighted by molar-refractivity contribution is 0.386. The molecule has 0 saturated carbocycles. The normalized spacial score (nSPS) is 16.8. The Kier molecular flexibility index (Phi) is 6.14. The van der Waals surface area contributed by atoms with E-state index >= 15 is 0 Å². The Morgan fingerprint density at radius 1 is 1.19 bits per heavy atom. The number of piperidine rings is 1. The first-order valence-electron chi connectivity index (χ1n) is 5.53. The minimum Gasteiger partial charge on any atom is -0.317 e. The van der Waals surface area contributed by atoms with E-state index in [0.717, 1.165) is 24.7 Å². The SMILES string of the molecule is Cl.Clc1ccc(CNC2CCNCC2)cc1. The van der Waals surface area contributed by atoms with Crippen molar-refractivity contribution < 1.29 is 0 Å². The highest BCUT2D eigenvalue weighted by Gasteiger charge is 2.11. The third kappa shape index (κ3) is 4.30. The third-order valence-electron chi connectivity index (χ3n) is 2.85. The van der Waals surface area contributed by atoms with E-state index in [1.54, 1.807) is 0 Å². The molecule has 0 atom stereocenters. The summed E-state index contributed by atoms with van der Waals surface area (Å²) in [6, 6.07) is 8.72. The molecule has 0 bridgehead atoms. The quantitative estimate of drug-likeness (QED) is 0.874. The van der Waals surface area contributed by atoms with Gasteiger partial charge in [0.25, 0.3) is 0 Å². The van der Waals surface area contributed by atoms with Gasteiger partial charge in [-0.25, -0.2) is 0 Å². The first kappa shape index (κ1) is 13.8. The lowest BCUT2D eigenvalue weighted by Crippen LogP contribution is -2.39. The predicted octanol–water partition coefficient (Wildman–Crippen LogP) is 2.60. The van der Waals surface area contributed by atoms with Crippen molar-refractivity contribution in [3.8, 4) is 0 Å². The highest BCUT2D eigenvalue weighted by atomic mass is 35.5. The molecule has 1 fully saturated rings. The van der Waals surface area contributed by atoms with E-state index in [1.807, 2.05) is 12.1 Å². The van der Waals surface area contributed by atoms with Gasteiger partial charge in [-0.1, -0.05) is 23.7 Å². The van der Waals surface area contributed by atoms with Crippen LogP contribution in [0.15, 0.2) is 24.3 Å². The lowest BCUT2D eigenvalue weighted by Gasteiger charge is -2.23. The average Bonchev–Trinajstić information content (AvgIpc) is 2.30. The Morgan fingerprint density at radius 3 is 2.44 bits per heavy atom. The monoisotopic (exact) mass is 260 g/mol. The molecule has 1 saturated heterocycles. The summed E-state index contributed by atoms with van der Waals surface area (Å²) in [6.07, 6.45) is 2.46. The molecule has 2 rings (SSSR count). The number of nitrogens with one attached hydrogen (secondary N) is 2. The summed E-state index contributed by atoms with van der Waals surface area (Å²) in [4.78, 5) is 0. The smallest absolute Gasteiger partial charge is 0.0406 e. The van der Waals surface area contributed by atoms with Crippen molar-refractivity contribution in [2.24, 2.45) is 0 Å². The minimum absolute atomic E-state index is 0. The molecule has 1 heterocycles. The zero-order valence-corrected chi connectivity index (χ0v) is 10.8. The highest BCUT2D eigenvalue weighted by molar-refractivity contribution is 6.30. The Morgan fingerprint density at radius 2 is 1.81 bits per heavy atom. The average molecular weight is 261 g/mol. The van der Waals surface area contributed by atoms with Crippen molar-refractivity contribution >= 4 is 24.0 Å². The molecule has 0 aromatic heterocycles. The summed E-state index contributed by atoms with van der Waals surface area (Å²) in [7, 11) is 0. The van der Waals surface area contributed by atoms with Gasteiger partial charge in [0.15, 0.2) is 0 Å². The zero-order valence-electron chi connectivity index (χ0n) is 9.21. The van der Waals surface area contributed by atoms with Crippen molar-refractivity contribution in [2.75, 3.05) is 13.1 Å². The van der Waals surface area contributed by atoms with E-state index in [-0.39, 0.29) is 12.4 Å². The number of rotatable bonds is 3. The molecular weight excluding hydrogens is 243 g/mol. The van der Waals surface area contributed by atoms with Crippen LogP contribution in [0.4, 0.5) is 0 Å². The second kappa shape index (κ2) is 7.13. The predicted molar refractivity (Wildman–Crippen MR) is 71.4 cm³/mol. The van der Waals surface area contributed by atoms with Crippen LogP contribution in [0.1, 0.15) is 18.4 Å². The Bertz CT molecular complexity index is 294. The Hall–Kier alpha value is -0.280. The van der Waals surface area contributed by atoms with Gasteiger partial charge in [-0.05, 0) is 43.6 Å². The van der Waals surface area contributed by atoms with Crippen molar-refractivity contribution in [3.05, 3.63) is 34.9 Å². The van der Waals surface area contributed by atoms with E-state index in [0.29, 0.717) is 6.04 Å². The van der Waals surface area contributed by atoms with Crippen molar-refractivity contribution in [2.45, 2.75) is 25.4 Å². The fourth-order valence-corrected chi connectivity index (χ4v) is 2.02. The van der Waals surface area contributed by atoms with Gasteiger partial charge in [0.2, 0.25) is 0 Å². The molecule has 1 aromatic rings. The topological polar surface area (TPSA) is 24.1 Å². The van der Waals surface area contributed by atoms with Crippen LogP contribution in [0, 0.1) is 0 Å². The van der Waals surface area contributed by atoms with E-state index in [1.165, 1.54) is 18.4 Å². The van der Waals surface area contributed by atoms with E-state index in [4.69, 9.17) is 11.6 Å². The van der Waals surface area contributed by atoms with Gasteiger partial charge in [0, 0.05) is 17.6 Å². The summed E-state index contributed by atoms with van der Waals surface area (Å²) in [5.74, 6) is 0. The molecule has 0 amide bonds. The summed E-state index contributed by atoms with van der Waals surface area (Å²) in [6.45, 7) is 3.22. The minimum atomic E-state index is 0. The molecule has 0 unspecified atom stereocenters. The molecule has 2 N–H and O–H groups in total. The molecule has 4 heteroatoms. The fourth-order valence-electron chi connectivity index (χ4n) is 1.89. The molecular formula is C12H18Cl2N2. The molecule has 2 nitrogen and oxygen atoms in total. The Balaban J connectivity index is 0.00000128. The standard InChI is InChI=1S/C12H17ClN2.ClH/c13-11-3-1-10(2-4-11)9-15-12-5-7-14-8-6-12;/h1-4,12,14-15H,5-9H2;1H. The fraction of sp³-hybridized carbons (Fsp3) is 0.500. The van der Waals surface area contributed by atoms with Gasteiger partial charge in [0.1, 0.15) is 0 Å². The van der Waals surface area contributed by atoms with E-state index < -0.39 is 0 Å². The number of hydrogen-bond donors (Lipinski definition) is 2. The Labute approximate surface area is 108 Å². The van der Waals surface area contributed by atoms with Gasteiger partial charge in [-0.2, -0.15) is 0 Å². The van der Waals surface area contributed by atoms with Crippen LogP contribution in [0.5, 0.6) is 0 Å². The van der Waals surface area contributed by atoms with E-state index in [9.17, 15) is 0 Å². The van der Waals surface area contributed by atoms with Crippen LogP contribution < -0.4 is 10.6 Å². The second-order valence-electron chi connectivity index (χ2n) is 4.03. The highest BCUT2D eigenvalue weighted by Crippen LogP contribution is 2.10. The first-order valence-corrected chi connectivity index (χ1v) is 5.91. The summed E-state index contributed by atoms with van der Waals surface area (Å²) < 4.78 is 0. The zero-order chi connectivity index (χ0) is 10.5. The molecule has 0 aliphatic carbocycles. The van der Waals surface area contributed by atoms with E-state index in [2.05, 4.69) is 22.8 Å². The second-order valence-corrected chi connectivity index (χ2v) is 4.47. The number of hydrogen-bond acceptors (Lipinski definition) is 2. The maximum absolute atomic E-state index is 5.83. The molecule has 1 aliphatic heterocycles. The summed E-state index contributed by atoms with van der Waals surface area (Å²) in [5, 5.41) is 7.74. The molecule has 0 radical (unpaired) electrons. The number of benzene rings is 1. The molecule has 16 heavy (non-hydrogen) atoms. The summed E-state index contributed by atoms with van der Waals surface area (Å²) >= 11 is 5.83. The molecule has 1 aromatic carbocycles. The van der Waals surface area contributed by atoms with Gasteiger partial charge >= 0.3 is 0 Å².